The molecule has 0 radical (unpaired) electrons. The van der Waals surface area contributed by atoms with Gasteiger partial charge in [0.25, 0.3) is 0 Å². The lowest BCUT2D eigenvalue weighted by atomic mass is 10.0. The molecule has 1 heterocycles. The van der Waals surface area contributed by atoms with Gasteiger partial charge in [0.05, 0.1) is 24.4 Å². The van der Waals surface area contributed by atoms with E-state index in [9.17, 15) is 9.59 Å². The number of hydrogen-bond acceptors (Lipinski definition) is 4. The highest BCUT2D eigenvalue weighted by atomic mass is 16.5. The van der Waals surface area contributed by atoms with Crippen LogP contribution in [-0.2, 0) is 17.6 Å². The standard InChI is InChI=1S/C20H24N2O3/c1-11-17(20(24)25-4)12(2)22-18(11)19(23)13(3)21-16-9-8-14-6-5-7-15(14)10-16/h8-10,13,21-22H,5-7H2,1-4H3/t13-/m0/s1. The molecule has 1 aliphatic rings. The highest BCUT2D eigenvalue weighted by molar-refractivity contribution is 6.04. The average molecular weight is 340 g/mol. The summed E-state index contributed by atoms with van der Waals surface area (Å²) < 4.78 is 4.80. The Balaban J connectivity index is 1.80. The summed E-state index contributed by atoms with van der Waals surface area (Å²) in [4.78, 5) is 27.8. The number of nitrogens with one attached hydrogen (secondary N) is 2. The Morgan fingerprint density at radius 3 is 2.64 bits per heavy atom. The molecule has 0 amide bonds. The summed E-state index contributed by atoms with van der Waals surface area (Å²) in [6, 6.07) is 5.91. The highest BCUT2D eigenvalue weighted by Gasteiger charge is 2.25. The van der Waals surface area contributed by atoms with E-state index in [2.05, 4.69) is 22.4 Å². The van der Waals surface area contributed by atoms with Crippen LogP contribution >= 0.6 is 0 Å². The van der Waals surface area contributed by atoms with E-state index in [1.807, 2.05) is 13.0 Å². The summed E-state index contributed by atoms with van der Waals surface area (Å²) in [6.45, 7) is 5.38. The van der Waals surface area contributed by atoms with Gasteiger partial charge in [-0.3, -0.25) is 4.79 Å². The van der Waals surface area contributed by atoms with Crippen LogP contribution in [0.2, 0.25) is 0 Å². The van der Waals surface area contributed by atoms with Gasteiger partial charge in [-0.05, 0) is 68.9 Å². The average Bonchev–Trinajstić information content (AvgIpc) is 3.17. The van der Waals surface area contributed by atoms with Crippen LogP contribution in [0.5, 0.6) is 0 Å². The van der Waals surface area contributed by atoms with Crippen LogP contribution < -0.4 is 5.32 Å². The number of esters is 1. The van der Waals surface area contributed by atoms with Gasteiger partial charge >= 0.3 is 5.97 Å². The van der Waals surface area contributed by atoms with Gasteiger partial charge in [0, 0.05) is 11.4 Å². The van der Waals surface area contributed by atoms with Crippen molar-refractivity contribution in [1.82, 2.24) is 4.98 Å². The predicted octanol–water partition coefficient (Wildman–Crippen LogP) is 3.59. The Morgan fingerprint density at radius 1 is 1.20 bits per heavy atom. The zero-order chi connectivity index (χ0) is 18.1. The minimum atomic E-state index is -0.426. The molecule has 0 unspecified atom stereocenters. The van der Waals surface area contributed by atoms with Gasteiger partial charge in [0.2, 0.25) is 5.78 Å². The number of carbonyl (C=O) groups is 2. The molecule has 0 spiro atoms. The molecule has 0 bridgehead atoms. The molecule has 1 aliphatic carbocycles. The van der Waals surface area contributed by atoms with Crippen molar-refractivity contribution in [2.45, 2.75) is 46.1 Å². The number of ketones is 1. The zero-order valence-electron chi connectivity index (χ0n) is 15.2. The molecule has 132 valence electrons. The largest absolute Gasteiger partial charge is 0.465 e. The SMILES string of the molecule is COC(=O)c1c(C)[nH]c(C(=O)[C@H](C)Nc2ccc3c(c2)CCC3)c1C. The molecular formula is C20H24N2O3. The number of rotatable bonds is 5. The number of Topliss-reactive ketones (excluding diaryl/α,β-unsaturated/α-hetero) is 1. The smallest absolute Gasteiger partial charge is 0.339 e. The summed E-state index contributed by atoms with van der Waals surface area (Å²) in [5, 5.41) is 3.28. The van der Waals surface area contributed by atoms with E-state index in [0.717, 1.165) is 18.5 Å². The minimum Gasteiger partial charge on any atom is -0.465 e. The fraction of sp³-hybridized carbons (Fsp3) is 0.400. The van der Waals surface area contributed by atoms with E-state index in [0.29, 0.717) is 22.5 Å². The van der Waals surface area contributed by atoms with Gasteiger partial charge in [0.15, 0.2) is 0 Å². The number of aromatic amines is 1. The van der Waals surface area contributed by atoms with Gasteiger partial charge in [-0.25, -0.2) is 4.79 Å². The number of carbonyl (C=O) groups excluding carboxylic acids is 2. The number of benzene rings is 1. The van der Waals surface area contributed by atoms with Crippen LogP contribution in [0.25, 0.3) is 0 Å². The van der Waals surface area contributed by atoms with Crippen molar-refractivity contribution in [2.75, 3.05) is 12.4 Å². The number of aromatic nitrogens is 1. The summed E-state index contributed by atoms with van der Waals surface area (Å²) >= 11 is 0. The third-order valence-corrected chi connectivity index (χ3v) is 4.95. The lowest BCUT2D eigenvalue weighted by Gasteiger charge is -2.15. The molecule has 5 heteroatoms. The van der Waals surface area contributed by atoms with Crippen molar-refractivity contribution < 1.29 is 14.3 Å². The number of methoxy groups -OCH3 is 1. The molecule has 0 fully saturated rings. The van der Waals surface area contributed by atoms with Crippen molar-refractivity contribution in [1.29, 1.82) is 0 Å². The molecule has 5 nitrogen and oxygen atoms in total. The fourth-order valence-corrected chi connectivity index (χ4v) is 3.60. The number of hydrogen-bond donors (Lipinski definition) is 2. The van der Waals surface area contributed by atoms with Crippen LogP contribution in [0.4, 0.5) is 5.69 Å². The molecule has 3 rings (SSSR count). The first-order valence-electron chi connectivity index (χ1n) is 8.62. The van der Waals surface area contributed by atoms with E-state index in [1.54, 1.807) is 13.8 Å². The Labute approximate surface area is 147 Å². The van der Waals surface area contributed by atoms with Crippen molar-refractivity contribution >= 4 is 17.4 Å². The van der Waals surface area contributed by atoms with E-state index in [4.69, 9.17) is 4.74 Å². The van der Waals surface area contributed by atoms with Gasteiger partial charge in [-0.1, -0.05) is 6.07 Å². The van der Waals surface area contributed by atoms with Crippen molar-refractivity contribution in [2.24, 2.45) is 0 Å². The summed E-state index contributed by atoms with van der Waals surface area (Å²) in [5.74, 6) is -0.499. The second-order valence-electron chi connectivity index (χ2n) is 6.68. The van der Waals surface area contributed by atoms with E-state index in [1.165, 1.54) is 24.7 Å². The molecule has 25 heavy (non-hydrogen) atoms. The molecule has 0 saturated carbocycles. The number of fused-ring (bicyclic) bond motifs is 1. The summed E-state index contributed by atoms with van der Waals surface area (Å²) in [6.07, 6.45) is 3.44. The molecule has 0 saturated heterocycles. The van der Waals surface area contributed by atoms with Crippen LogP contribution in [0.3, 0.4) is 0 Å². The maximum absolute atomic E-state index is 12.8. The highest BCUT2D eigenvalue weighted by Crippen LogP contribution is 2.26. The molecule has 1 aromatic heterocycles. The van der Waals surface area contributed by atoms with Crippen LogP contribution in [-0.4, -0.2) is 29.9 Å². The molecule has 1 aromatic carbocycles. The molecule has 0 aliphatic heterocycles. The first kappa shape index (κ1) is 17.3. The Hall–Kier alpha value is -2.56. The quantitative estimate of drug-likeness (QED) is 0.644. The number of anilines is 1. The van der Waals surface area contributed by atoms with E-state index >= 15 is 0 Å². The second-order valence-corrected chi connectivity index (χ2v) is 6.68. The van der Waals surface area contributed by atoms with Crippen molar-refractivity contribution in [3.63, 3.8) is 0 Å². The number of H-pyrrole nitrogens is 1. The van der Waals surface area contributed by atoms with E-state index < -0.39 is 12.0 Å². The van der Waals surface area contributed by atoms with Gasteiger partial charge in [0.1, 0.15) is 0 Å². The van der Waals surface area contributed by atoms with Crippen LogP contribution in [0.1, 0.15) is 56.6 Å². The van der Waals surface area contributed by atoms with E-state index in [-0.39, 0.29) is 5.78 Å². The first-order chi connectivity index (χ1) is 11.9. The predicted molar refractivity (Wildman–Crippen MR) is 97.5 cm³/mol. The normalized spacial score (nSPS) is 14.1. The number of aryl methyl sites for hydroxylation is 3. The third kappa shape index (κ3) is 3.18. The lowest BCUT2D eigenvalue weighted by molar-refractivity contribution is 0.0599. The van der Waals surface area contributed by atoms with Crippen LogP contribution in [0.15, 0.2) is 18.2 Å². The zero-order valence-corrected chi connectivity index (χ0v) is 15.2. The second kappa shape index (κ2) is 6.75. The van der Waals surface area contributed by atoms with Crippen molar-refractivity contribution in [3.8, 4) is 0 Å². The molecule has 2 aromatic rings. The maximum Gasteiger partial charge on any atom is 0.339 e. The minimum absolute atomic E-state index is 0.0729. The fourth-order valence-electron chi connectivity index (χ4n) is 3.60. The molecule has 2 N–H and O–H groups in total. The molecule has 1 atom stereocenters. The summed E-state index contributed by atoms with van der Waals surface area (Å²) in [7, 11) is 1.34. The maximum atomic E-state index is 12.8. The summed E-state index contributed by atoms with van der Waals surface area (Å²) in [5.41, 5.74) is 5.91. The van der Waals surface area contributed by atoms with Gasteiger partial charge in [-0.15, -0.1) is 0 Å². The monoisotopic (exact) mass is 340 g/mol. The van der Waals surface area contributed by atoms with Crippen LogP contribution in [0, 0.1) is 13.8 Å². The van der Waals surface area contributed by atoms with Crippen molar-refractivity contribution in [3.05, 3.63) is 51.8 Å². The Kier molecular flexibility index (Phi) is 4.66. The van der Waals surface area contributed by atoms with Gasteiger partial charge < -0.3 is 15.0 Å². The Morgan fingerprint density at radius 2 is 1.92 bits per heavy atom. The third-order valence-electron chi connectivity index (χ3n) is 4.95. The Bertz CT molecular complexity index is 836. The first-order valence-corrected chi connectivity index (χ1v) is 8.62. The molecular weight excluding hydrogens is 316 g/mol. The lowest BCUT2D eigenvalue weighted by Crippen LogP contribution is -2.27. The van der Waals surface area contributed by atoms with Gasteiger partial charge in [-0.2, -0.15) is 0 Å². The topological polar surface area (TPSA) is 71.2 Å². The number of ether oxygens (including phenoxy) is 1.